The SMILES string of the molecule is Cc1ccc(C(C)NCCC(C)(C)C(N)=NO)o1. The van der Waals surface area contributed by atoms with Gasteiger partial charge in [0.15, 0.2) is 0 Å². The maximum Gasteiger partial charge on any atom is 0.144 e. The molecule has 1 atom stereocenters. The van der Waals surface area contributed by atoms with E-state index in [0.29, 0.717) is 0 Å². The van der Waals surface area contributed by atoms with E-state index in [-0.39, 0.29) is 17.3 Å². The zero-order valence-corrected chi connectivity index (χ0v) is 11.5. The highest BCUT2D eigenvalue weighted by Crippen LogP contribution is 2.21. The normalized spacial score (nSPS) is 14.8. The number of hydrogen-bond acceptors (Lipinski definition) is 4. The Hall–Kier alpha value is -1.49. The summed E-state index contributed by atoms with van der Waals surface area (Å²) in [4.78, 5) is 0. The Balaban J connectivity index is 2.42. The number of nitrogens with zero attached hydrogens (tertiary/aromatic N) is 1. The quantitative estimate of drug-likeness (QED) is 0.314. The Labute approximate surface area is 108 Å². The monoisotopic (exact) mass is 253 g/mol. The van der Waals surface area contributed by atoms with Gasteiger partial charge in [-0.1, -0.05) is 19.0 Å². The highest BCUT2D eigenvalue weighted by atomic mass is 16.4. The number of oxime groups is 1. The van der Waals surface area contributed by atoms with Gasteiger partial charge in [0.25, 0.3) is 0 Å². The molecular weight excluding hydrogens is 230 g/mol. The molecule has 0 aliphatic carbocycles. The summed E-state index contributed by atoms with van der Waals surface area (Å²) in [7, 11) is 0. The highest BCUT2D eigenvalue weighted by molar-refractivity contribution is 5.85. The summed E-state index contributed by atoms with van der Waals surface area (Å²) in [6, 6.07) is 4.08. The largest absolute Gasteiger partial charge is 0.465 e. The molecule has 102 valence electrons. The van der Waals surface area contributed by atoms with Gasteiger partial charge < -0.3 is 20.7 Å². The van der Waals surface area contributed by atoms with Crippen molar-refractivity contribution in [1.82, 2.24) is 5.32 Å². The summed E-state index contributed by atoms with van der Waals surface area (Å²) in [6.45, 7) is 8.65. The van der Waals surface area contributed by atoms with E-state index in [2.05, 4.69) is 17.4 Å². The molecule has 5 nitrogen and oxygen atoms in total. The van der Waals surface area contributed by atoms with Gasteiger partial charge in [-0.15, -0.1) is 0 Å². The number of furan rings is 1. The van der Waals surface area contributed by atoms with Crippen LogP contribution in [0, 0.1) is 12.3 Å². The number of rotatable bonds is 6. The molecule has 0 aliphatic heterocycles. The van der Waals surface area contributed by atoms with E-state index in [1.165, 1.54) is 0 Å². The molecular formula is C13H23N3O2. The van der Waals surface area contributed by atoms with Crippen LogP contribution in [0.5, 0.6) is 0 Å². The summed E-state index contributed by atoms with van der Waals surface area (Å²) in [5.74, 6) is 2.09. The lowest BCUT2D eigenvalue weighted by Gasteiger charge is -2.23. The summed E-state index contributed by atoms with van der Waals surface area (Å²) >= 11 is 0. The zero-order valence-electron chi connectivity index (χ0n) is 11.5. The molecule has 0 aliphatic rings. The topological polar surface area (TPSA) is 83.8 Å². The average Bonchev–Trinajstić information content (AvgIpc) is 2.74. The Morgan fingerprint density at radius 1 is 1.56 bits per heavy atom. The van der Waals surface area contributed by atoms with Crippen molar-refractivity contribution in [2.45, 2.75) is 40.2 Å². The van der Waals surface area contributed by atoms with Crippen molar-refractivity contribution in [1.29, 1.82) is 0 Å². The van der Waals surface area contributed by atoms with Crippen LogP contribution in [0.25, 0.3) is 0 Å². The standard InChI is InChI=1S/C13H23N3O2/c1-9-5-6-11(18-9)10(2)15-8-7-13(3,4)12(14)16-17/h5-6,10,15,17H,7-8H2,1-4H3,(H2,14,16). The molecule has 0 fully saturated rings. The molecule has 5 heteroatoms. The van der Waals surface area contributed by atoms with E-state index < -0.39 is 0 Å². The fourth-order valence-electron chi connectivity index (χ4n) is 1.65. The van der Waals surface area contributed by atoms with Gasteiger partial charge in [0.05, 0.1) is 6.04 Å². The van der Waals surface area contributed by atoms with Crippen LogP contribution in [0.4, 0.5) is 0 Å². The summed E-state index contributed by atoms with van der Waals surface area (Å²) in [6.07, 6.45) is 0.785. The molecule has 1 aromatic rings. The molecule has 0 saturated carbocycles. The van der Waals surface area contributed by atoms with E-state index in [0.717, 1.165) is 24.5 Å². The first kappa shape index (κ1) is 14.6. The Morgan fingerprint density at radius 3 is 2.72 bits per heavy atom. The molecule has 0 aromatic carbocycles. The van der Waals surface area contributed by atoms with Crippen LogP contribution >= 0.6 is 0 Å². The van der Waals surface area contributed by atoms with Crippen molar-refractivity contribution < 1.29 is 9.62 Å². The second kappa shape index (κ2) is 5.91. The number of nitrogens with one attached hydrogen (secondary N) is 1. The first-order valence-electron chi connectivity index (χ1n) is 6.14. The number of hydrogen-bond donors (Lipinski definition) is 3. The van der Waals surface area contributed by atoms with Crippen molar-refractivity contribution in [3.63, 3.8) is 0 Å². The predicted molar refractivity (Wildman–Crippen MR) is 71.7 cm³/mol. The van der Waals surface area contributed by atoms with E-state index in [4.69, 9.17) is 15.4 Å². The lowest BCUT2D eigenvalue weighted by atomic mass is 9.88. The first-order chi connectivity index (χ1) is 8.36. The number of nitrogens with two attached hydrogens (primary N) is 1. The van der Waals surface area contributed by atoms with E-state index in [1.807, 2.05) is 32.9 Å². The maximum absolute atomic E-state index is 8.69. The molecule has 1 unspecified atom stereocenters. The molecule has 1 rings (SSSR count). The molecule has 4 N–H and O–H groups in total. The van der Waals surface area contributed by atoms with Gasteiger partial charge in [-0.25, -0.2) is 0 Å². The number of aryl methyl sites for hydroxylation is 1. The van der Waals surface area contributed by atoms with E-state index in [9.17, 15) is 0 Å². The van der Waals surface area contributed by atoms with E-state index in [1.54, 1.807) is 0 Å². The predicted octanol–water partition coefficient (Wildman–Crippen LogP) is 2.40. The third kappa shape index (κ3) is 3.77. The fourth-order valence-corrected chi connectivity index (χ4v) is 1.65. The van der Waals surface area contributed by atoms with Crippen LogP contribution in [0.1, 0.15) is 44.8 Å². The van der Waals surface area contributed by atoms with Gasteiger partial charge in [-0.2, -0.15) is 0 Å². The third-order valence-electron chi connectivity index (χ3n) is 3.19. The van der Waals surface area contributed by atoms with Gasteiger partial charge in [0, 0.05) is 5.41 Å². The van der Waals surface area contributed by atoms with Crippen LogP contribution < -0.4 is 11.1 Å². The lowest BCUT2D eigenvalue weighted by Crippen LogP contribution is -2.35. The minimum atomic E-state index is -0.319. The van der Waals surface area contributed by atoms with Gasteiger partial charge in [0.1, 0.15) is 17.4 Å². The molecule has 18 heavy (non-hydrogen) atoms. The average molecular weight is 253 g/mol. The smallest absolute Gasteiger partial charge is 0.144 e. The molecule has 1 aromatic heterocycles. The Bertz CT molecular complexity index is 410. The minimum absolute atomic E-state index is 0.154. The summed E-state index contributed by atoms with van der Waals surface area (Å²) < 4.78 is 5.55. The lowest BCUT2D eigenvalue weighted by molar-refractivity contribution is 0.303. The molecule has 1 heterocycles. The van der Waals surface area contributed by atoms with Crippen molar-refractivity contribution in [3.8, 4) is 0 Å². The van der Waals surface area contributed by atoms with Gasteiger partial charge in [0.2, 0.25) is 0 Å². The molecule has 0 radical (unpaired) electrons. The number of amidine groups is 1. The molecule has 0 bridgehead atoms. The molecule has 0 amide bonds. The van der Waals surface area contributed by atoms with Crippen molar-refractivity contribution in [3.05, 3.63) is 23.7 Å². The van der Waals surface area contributed by atoms with Crippen LogP contribution in [0.3, 0.4) is 0 Å². The van der Waals surface area contributed by atoms with Gasteiger partial charge >= 0.3 is 0 Å². The van der Waals surface area contributed by atoms with Gasteiger partial charge in [-0.05, 0) is 38.9 Å². The highest BCUT2D eigenvalue weighted by Gasteiger charge is 2.23. The molecule has 0 saturated heterocycles. The van der Waals surface area contributed by atoms with Crippen molar-refractivity contribution in [2.75, 3.05) is 6.54 Å². The Morgan fingerprint density at radius 2 is 2.22 bits per heavy atom. The third-order valence-corrected chi connectivity index (χ3v) is 3.19. The van der Waals surface area contributed by atoms with E-state index >= 15 is 0 Å². The second-order valence-corrected chi connectivity index (χ2v) is 5.24. The minimum Gasteiger partial charge on any atom is -0.465 e. The van der Waals surface area contributed by atoms with Crippen molar-refractivity contribution in [2.24, 2.45) is 16.3 Å². The summed E-state index contributed by atoms with van der Waals surface area (Å²) in [5.41, 5.74) is 5.32. The van der Waals surface area contributed by atoms with Crippen LogP contribution in [0.2, 0.25) is 0 Å². The summed E-state index contributed by atoms with van der Waals surface area (Å²) in [5, 5.41) is 15.1. The molecule has 0 spiro atoms. The van der Waals surface area contributed by atoms with Gasteiger partial charge in [-0.3, -0.25) is 0 Å². The Kier molecular flexibility index (Phi) is 4.78. The van der Waals surface area contributed by atoms with Crippen LogP contribution in [-0.2, 0) is 0 Å². The van der Waals surface area contributed by atoms with Crippen molar-refractivity contribution >= 4 is 5.84 Å². The second-order valence-electron chi connectivity index (χ2n) is 5.24. The zero-order chi connectivity index (χ0) is 13.8. The van der Waals surface area contributed by atoms with Crippen LogP contribution in [-0.4, -0.2) is 17.6 Å². The van der Waals surface area contributed by atoms with Crippen LogP contribution in [0.15, 0.2) is 21.7 Å². The maximum atomic E-state index is 8.69. The fraction of sp³-hybridized carbons (Fsp3) is 0.615. The first-order valence-corrected chi connectivity index (χ1v) is 6.14.